The molecule has 3 rings (SSSR count). The normalized spacial score (nSPS) is 19.8. The standard InChI is InChI=1S/C14H17N3S/c1-17-9-10(8-16-17)6-12(15)14-7-11-4-2-3-5-13(11)18-14/h2-5,8-9,12,14H,6-7,15H2,1H3. The molecule has 18 heavy (non-hydrogen) atoms. The number of fused-ring (bicyclic) bond motifs is 1. The van der Waals surface area contributed by atoms with Crippen LogP contribution in [0.4, 0.5) is 0 Å². The lowest BCUT2D eigenvalue weighted by molar-refractivity contribution is 0.632. The van der Waals surface area contributed by atoms with Crippen LogP contribution in [0.5, 0.6) is 0 Å². The molecule has 0 fully saturated rings. The van der Waals surface area contributed by atoms with E-state index in [-0.39, 0.29) is 6.04 Å². The predicted octanol–water partition coefficient (Wildman–Crippen LogP) is 2.01. The maximum Gasteiger partial charge on any atom is 0.0522 e. The molecule has 1 aromatic heterocycles. The van der Waals surface area contributed by atoms with E-state index in [9.17, 15) is 0 Å². The van der Waals surface area contributed by atoms with E-state index in [1.54, 1.807) is 0 Å². The number of aromatic nitrogens is 2. The summed E-state index contributed by atoms with van der Waals surface area (Å²) >= 11 is 1.92. The van der Waals surface area contributed by atoms with Crippen LogP contribution in [0, 0.1) is 0 Å². The molecular weight excluding hydrogens is 242 g/mol. The van der Waals surface area contributed by atoms with Gasteiger partial charge in [0, 0.05) is 29.4 Å². The zero-order chi connectivity index (χ0) is 12.5. The van der Waals surface area contributed by atoms with Crippen LogP contribution >= 0.6 is 11.8 Å². The number of hydrogen-bond acceptors (Lipinski definition) is 3. The van der Waals surface area contributed by atoms with Crippen LogP contribution < -0.4 is 5.73 Å². The van der Waals surface area contributed by atoms with E-state index in [0.717, 1.165) is 12.8 Å². The average molecular weight is 259 g/mol. The third-order valence-corrected chi connectivity index (χ3v) is 4.85. The van der Waals surface area contributed by atoms with E-state index in [1.165, 1.54) is 16.0 Å². The molecule has 1 aliphatic rings. The minimum absolute atomic E-state index is 0.187. The summed E-state index contributed by atoms with van der Waals surface area (Å²) in [5.74, 6) is 0. The lowest BCUT2D eigenvalue weighted by Gasteiger charge is -2.17. The Kier molecular flexibility index (Phi) is 3.14. The molecule has 2 atom stereocenters. The SMILES string of the molecule is Cn1cc(CC(N)C2Cc3ccccc3S2)cn1. The highest BCUT2D eigenvalue weighted by Gasteiger charge is 2.27. The predicted molar refractivity (Wildman–Crippen MR) is 74.7 cm³/mol. The van der Waals surface area contributed by atoms with Crippen molar-refractivity contribution >= 4 is 11.8 Å². The first kappa shape index (κ1) is 11.8. The second-order valence-corrected chi connectivity index (χ2v) is 6.14. The third-order valence-electron chi connectivity index (χ3n) is 3.38. The van der Waals surface area contributed by atoms with Crippen molar-refractivity contribution in [2.75, 3.05) is 0 Å². The van der Waals surface area contributed by atoms with Crippen molar-refractivity contribution in [3.05, 3.63) is 47.8 Å². The number of aryl methyl sites for hydroxylation is 1. The van der Waals surface area contributed by atoms with Crippen LogP contribution in [0.15, 0.2) is 41.6 Å². The molecule has 1 aliphatic heterocycles. The number of thioether (sulfide) groups is 1. The smallest absolute Gasteiger partial charge is 0.0522 e. The van der Waals surface area contributed by atoms with Gasteiger partial charge in [-0.2, -0.15) is 5.10 Å². The number of nitrogens with zero attached hydrogens (tertiary/aromatic N) is 2. The molecule has 0 amide bonds. The quantitative estimate of drug-likeness (QED) is 0.917. The first-order chi connectivity index (χ1) is 8.72. The van der Waals surface area contributed by atoms with Crippen molar-refractivity contribution in [2.24, 2.45) is 12.8 Å². The fourth-order valence-electron chi connectivity index (χ4n) is 2.43. The van der Waals surface area contributed by atoms with E-state index < -0.39 is 0 Å². The Balaban J connectivity index is 1.67. The molecule has 2 N–H and O–H groups in total. The number of rotatable bonds is 3. The Morgan fingerprint density at radius 2 is 2.33 bits per heavy atom. The minimum Gasteiger partial charge on any atom is -0.326 e. The molecular formula is C14H17N3S. The van der Waals surface area contributed by atoms with Crippen molar-refractivity contribution in [2.45, 2.75) is 29.0 Å². The molecule has 2 aromatic rings. The summed E-state index contributed by atoms with van der Waals surface area (Å²) < 4.78 is 1.83. The molecule has 0 saturated heterocycles. The van der Waals surface area contributed by atoms with Gasteiger partial charge in [-0.25, -0.2) is 0 Å². The molecule has 0 aliphatic carbocycles. The number of hydrogen-bond donors (Lipinski definition) is 1. The summed E-state index contributed by atoms with van der Waals surface area (Å²) in [5.41, 5.74) is 9.00. The van der Waals surface area contributed by atoms with Gasteiger partial charge in [-0.15, -0.1) is 11.8 Å². The lowest BCUT2D eigenvalue weighted by atomic mass is 10.0. The van der Waals surface area contributed by atoms with Crippen molar-refractivity contribution in [3.8, 4) is 0 Å². The highest BCUT2D eigenvalue weighted by molar-refractivity contribution is 8.00. The first-order valence-corrected chi connectivity index (χ1v) is 7.08. The summed E-state index contributed by atoms with van der Waals surface area (Å²) in [4.78, 5) is 1.39. The van der Waals surface area contributed by atoms with Crippen LogP contribution in [-0.4, -0.2) is 21.1 Å². The van der Waals surface area contributed by atoms with Gasteiger partial charge in [0.05, 0.1) is 6.20 Å². The zero-order valence-corrected chi connectivity index (χ0v) is 11.2. The molecule has 2 heterocycles. The fraction of sp³-hybridized carbons (Fsp3) is 0.357. The van der Waals surface area contributed by atoms with Gasteiger partial charge in [0.15, 0.2) is 0 Å². The van der Waals surface area contributed by atoms with Gasteiger partial charge >= 0.3 is 0 Å². The van der Waals surface area contributed by atoms with Gasteiger partial charge in [0.1, 0.15) is 0 Å². The van der Waals surface area contributed by atoms with Gasteiger partial charge in [0.25, 0.3) is 0 Å². The van der Waals surface area contributed by atoms with Gasteiger partial charge < -0.3 is 5.73 Å². The van der Waals surface area contributed by atoms with Gasteiger partial charge in [0.2, 0.25) is 0 Å². The van der Waals surface area contributed by atoms with Crippen molar-refractivity contribution < 1.29 is 0 Å². The molecule has 4 heteroatoms. The summed E-state index contributed by atoms with van der Waals surface area (Å²) in [6.07, 6.45) is 5.95. The summed E-state index contributed by atoms with van der Waals surface area (Å²) in [7, 11) is 1.94. The molecule has 0 spiro atoms. The van der Waals surface area contributed by atoms with Crippen molar-refractivity contribution in [3.63, 3.8) is 0 Å². The second-order valence-electron chi connectivity index (χ2n) is 4.86. The lowest BCUT2D eigenvalue weighted by Crippen LogP contribution is -2.34. The molecule has 0 radical (unpaired) electrons. The van der Waals surface area contributed by atoms with Gasteiger partial charge in [-0.3, -0.25) is 4.68 Å². The van der Waals surface area contributed by atoms with Gasteiger partial charge in [-0.05, 0) is 30.0 Å². The first-order valence-electron chi connectivity index (χ1n) is 6.20. The molecule has 2 unspecified atom stereocenters. The monoisotopic (exact) mass is 259 g/mol. The van der Waals surface area contributed by atoms with Gasteiger partial charge in [-0.1, -0.05) is 18.2 Å². The summed E-state index contributed by atoms with van der Waals surface area (Å²) in [5, 5.41) is 4.68. The highest BCUT2D eigenvalue weighted by Crippen LogP contribution is 2.38. The van der Waals surface area contributed by atoms with Crippen LogP contribution in [0.1, 0.15) is 11.1 Å². The third kappa shape index (κ3) is 2.31. The van der Waals surface area contributed by atoms with E-state index in [4.69, 9.17) is 5.73 Å². The Labute approximate surface area is 111 Å². The minimum atomic E-state index is 0.187. The zero-order valence-electron chi connectivity index (χ0n) is 10.4. The summed E-state index contributed by atoms with van der Waals surface area (Å²) in [6, 6.07) is 8.79. The maximum absolute atomic E-state index is 6.34. The van der Waals surface area contributed by atoms with Crippen LogP contribution in [-0.2, 0) is 19.9 Å². The number of benzene rings is 1. The topological polar surface area (TPSA) is 43.8 Å². The van der Waals surface area contributed by atoms with Crippen LogP contribution in [0.3, 0.4) is 0 Å². The Hall–Kier alpha value is -1.26. The Morgan fingerprint density at radius 3 is 3.06 bits per heavy atom. The highest BCUT2D eigenvalue weighted by atomic mass is 32.2. The van der Waals surface area contributed by atoms with E-state index in [0.29, 0.717) is 5.25 Å². The van der Waals surface area contributed by atoms with Crippen LogP contribution in [0.25, 0.3) is 0 Å². The van der Waals surface area contributed by atoms with E-state index >= 15 is 0 Å². The fourth-order valence-corrected chi connectivity index (χ4v) is 3.75. The summed E-state index contributed by atoms with van der Waals surface area (Å²) in [6.45, 7) is 0. The van der Waals surface area contributed by atoms with E-state index in [2.05, 4.69) is 29.4 Å². The molecule has 1 aromatic carbocycles. The second kappa shape index (κ2) is 4.78. The molecule has 94 valence electrons. The number of nitrogens with two attached hydrogens (primary N) is 1. The Morgan fingerprint density at radius 1 is 1.50 bits per heavy atom. The maximum atomic E-state index is 6.34. The average Bonchev–Trinajstić information content (AvgIpc) is 2.95. The largest absolute Gasteiger partial charge is 0.326 e. The Bertz CT molecular complexity index is 524. The van der Waals surface area contributed by atoms with E-state index in [1.807, 2.05) is 35.9 Å². The van der Waals surface area contributed by atoms with Crippen molar-refractivity contribution in [1.82, 2.24) is 9.78 Å². The molecule has 0 bridgehead atoms. The van der Waals surface area contributed by atoms with Crippen LogP contribution in [0.2, 0.25) is 0 Å². The van der Waals surface area contributed by atoms with Crippen molar-refractivity contribution in [1.29, 1.82) is 0 Å². The molecule has 0 saturated carbocycles. The molecule has 3 nitrogen and oxygen atoms in total.